The van der Waals surface area contributed by atoms with Crippen LogP contribution in [0.4, 0.5) is 0 Å². The number of hydrogen-bond donors (Lipinski definition) is 2. The molecule has 0 saturated carbocycles. The van der Waals surface area contributed by atoms with Crippen molar-refractivity contribution in [2.75, 3.05) is 0 Å². The van der Waals surface area contributed by atoms with Crippen molar-refractivity contribution in [2.45, 2.75) is 24.7 Å². The van der Waals surface area contributed by atoms with E-state index in [1.165, 1.54) is 13.8 Å². The van der Waals surface area contributed by atoms with Crippen LogP contribution >= 0.6 is 0 Å². The number of benzene rings is 1. The highest BCUT2D eigenvalue weighted by molar-refractivity contribution is 7.86. The van der Waals surface area contributed by atoms with Gasteiger partial charge in [0.2, 0.25) is 0 Å². The monoisotopic (exact) mass is 230 g/mol. The standard InChI is InChI=1S/C10H14O4S/c1-10(2,11)9(15(12,13)14)8-6-4-3-5-7-8/h3-7,9,11H,1-2H3,(H,12,13,14)/t9-/m1/s1. The Hall–Kier alpha value is -0.910. The van der Waals surface area contributed by atoms with Gasteiger partial charge in [-0.15, -0.1) is 0 Å². The summed E-state index contributed by atoms with van der Waals surface area (Å²) in [4.78, 5) is 0. The van der Waals surface area contributed by atoms with Gasteiger partial charge in [-0.05, 0) is 19.4 Å². The molecule has 0 radical (unpaired) electrons. The third-order valence-corrected chi connectivity index (χ3v) is 3.49. The second-order valence-electron chi connectivity index (χ2n) is 3.96. The van der Waals surface area contributed by atoms with Crippen molar-refractivity contribution in [1.29, 1.82) is 0 Å². The van der Waals surface area contributed by atoms with E-state index in [4.69, 9.17) is 4.55 Å². The van der Waals surface area contributed by atoms with Crippen molar-refractivity contribution in [1.82, 2.24) is 0 Å². The molecule has 1 atom stereocenters. The van der Waals surface area contributed by atoms with Crippen LogP contribution in [0.15, 0.2) is 30.3 Å². The molecular weight excluding hydrogens is 216 g/mol. The first kappa shape index (κ1) is 12.2. The van der Waals surface area contributed by atoms with E-state index >= 15 is 0 Å². The van der Waals surface area contributed by atoms with Gasteiger partial charge in [0.15, 0.2) is 0 Å². The highest BCUT2D eigenvalue weighted by atomic mass is 32.2. The molecule has 0 bridgehead atoms. The Bertz CT molecular complexity index is 416. The highest BCUT2D eigenvalue weighted by Gasteiger charge is 2.38. The number of hydrogen-bond acceptors (Lipinski definition) is 3. The number of aliphatic hydroxyl groups is 1. The molecule has 0 fully saturated rings. The molecule has 0 amide bonds. The van der Waals surface area contributed by atoms with Gasteiger partial charge in [0, 0.05) is 0 Å². The highest BCUT2D eigenvalue weighted by Crippen LogP contribution is 2.32. The summed E-state index contributed by atoms with van der Waals surface area (Å²) in [6.07, 6.45) is 0. The fourth-order valence-corrected chi connectivity index (χ4v) is 2.80. The average molecular weight is 230 g/mol. The van der Waals surface area contributed by atoms with Crippen molar-refractivity contribution in [2.24, 2.45) is 0 Å². The summed E-state index contributed by atoms with van der Waals surface area (Å²) in [5.74, 6) is 0. The van der Waals surface area contributed by atoms with E-state index in [0.29, 0.717) is 5.56 Å². The first-order chi connectivity index (χ1) is 6.73. The average Bonchev–Trinajstić information content (AvgIpc) is 2.00. The maximum atomic E-state index is 11.2. The van der Waals surface area contributed by atoms with E-state index in [9.17, 15) is 13.5 Å². The van der Waals surface area contributed by atoms with Crippen LogP contribution in [0.3, 0.4) is 0 Å². The minimum Gasteiger partial charge on any atom is -0.389 e. The number of rotatable bonds is 3. The summed E-state index contributed by atoms with van der Waals surface area (Å²) in [5, 5.41) is 8.40. The lowest BCUT2D eigenvalue weighted by Gasteiger charge is -2.26. The van der Waals surface area contributed by atoms with Crippen LogP contribution < -0.4 is 0 Å². The van der Waals surface area contributed by atoms with Gasteiger partial charge in [-0.2, -0.15) is 8.42 Å². The molecule has 0 aliphatic carbocycles. The zero-order chi connectivity index (χ0) is 11.7. The van der Waals surface area contributed by atoms with Gasteiger partial charge in [0.25, 0.3) is 10.1 Å². The molecule has 5 heteroatoms. The molecule has 2 N–H and O–H groups in total. The van der Waals surface area contributed by atoms with Crippen LogP contribution in [0, 0.1) is 0 Å². The van der Waals surface area contributed by atoms with Crippen LogP contribution in [0.1, 0.15) is 24.7 Å². The molecule has 0 heterocycles. The normalized spacial score (nSPS) is 14.9. The molecular formula is C10H14O4S. The minimum atomic E-state index is -4.33. The molecule has 4 nitrogen and oxygen atoms in total. The largest absolute Gasteiger partial charge is 0.389 e. The van der Waals surface area contributed by atoms with E-state index in [1.807, 2.05) is 0 Å². The van der Waals surface area contributed by atoms with Crippen LogP contribution in [-0.2, 0) is 10.1 Å². The van der Waals surface area contributed by atoms with Gasteiger partial charge >= 0.3 is 0 Å². The Balaban J connectivity index is 3.27. The molecule has 0 aromatic heterocycles. The van der Waals surface area contributed by atoms with Crippen LogP contribution in [0.25, 0.3) is 0 Å². The Labute approximate surface area is 89.3 Å². The Morgan fingerprint density at radius 1 is 1.20 bits per heavy atom. The van der Waals surface area contributed by atoms with E-state index in [0.717, 1.165) is 0 Å². The van der Waals surface area contributed by atoms with Crippen molar-refractivity contribution >= 4 is 10.1 Å². The van der Waals surface area contributed by atoms with Crippen LogP contribution in [0.5, 0.6) is 0 Å². The summed E-state index contributed by atoms with van der Waals surface area (Å²) in [6.45, 7) is 2.69. The molecule has 15 heavy (non-hydrogen) atoms. The second-order valence-corrected chi connectivity index (χ2v) is 5.46. The zero-order valence-corrected chi connectivity index (χ0v) is 9.40. The first-order valence-corrected chi connectivity index (χ1v) is 5.97. The maximum Gasteiger partial charge on any atom is 0.274 e. The summed E-state index contributed by atoms with van der Waals surface area (Å²) in [5.41, 5.74) is -1.16. The maximum absolute atomic E-state index is 11.2. The topological polar surface area (TPSA) is 74.6 Å². The first-order valence-electron chi connectivity index (χ1n) is 4.46. The molecule has 0 spiro atoms. The van der Waals surface area contributed by atoms with Crippen molar-refractivity contribution in [3.05, 3.63) is 35.9 Å². The van der Waals surface area contributed by atoms with E-state index in [2.05, 4.69) is 0 Å². The molecule has 0 aliphatic rings. The van der Waals surface area contributed by atoms with Crippen LogP contribution in [-0.4, -0.2) is 23.7 Å². The van der Waals surface area contributed by atoms with Gasteiger partial charge in [0.05, 0.1) is 5.60 Å². The van der Waals surface area contributed by atoms with Gasteiger partial charge in [-0.1, -0.05) is 30.3 Å². The quantitative estimate of drug-likeness (QED) is 0.769. The molecule has 84 valence electrons. The third-order valence-electron chi connectivity index (χ3n) is 2.04. The van der Waals surface area contributed by atoms with Gasteiger partial charge in [0.1, 0.15) is 5.25 Å². The molecule has 0 saturated heterocycles. The summed E-state index contributed by atoms with van der Waals surface area (Å²) < 4.78 is 31.4. The predicted molar refractivity (Wildman–Crippen MR) is 57.0 cm³/mol. The summed E-state index contributed by atoms with van der Waals surface area (Å²) in [7, 11) is -4.33. The lowest BCUT2D eigenvalue weighted by Crippen LogP contribution is -2.34. The summed E-state index contributed by atoms with van der Waals surface area (Å²) >= 11 is 0. The third kappa shape index (κ3) is 3.02. The molecule has 1 aromatic rings. The molecule has 1 aromatic carbocycles. The second kappa shape index (κ2) is 3.92. The van der Waals surface area contributed by atoms with Gasteiger partial charge < -0.3 is 5.11 Å². The van der Waals surface area contributed by atoms with E-state index < -0.39 is 21.0 Å². The lowest BCUT2D eigenvalue weighted by atomic mass is 9.98. The van der Waals surface area contributed by atoms with E-state index in [-0.39, 0.29) is 0 Å². The Morgan fingerprint density at radius 3 is 2.00 bits per heavy atom. The SMILES string of the molecule is CC(C)(O)[C@@H](c1ccccc1)S(=O)(=O)O. The van der Waals surface area contributed by atoms with E-state index in [1.54, 1.807) is 30.3 Å². The molecule has 0 unspecified atom stereocenters. The Morgan fingerprint density at radius 2 is 1.67 bits per heavy atom. The zero-order valence-electron chi connectivity index (χ0n) is 8.58. The van der Waals surface area contributed by atoms with Crippen molar-refractivity contribution in [3.8, 4) is 0 Å². The minimum absolute atomic E-state index is 0.368. The molecule has 1 rings (SSSR count). The van der Waals surface area contributed by atoms with Gasteiger partial charge in [-0.3, -0.25) is 4.55 Å². The van der Waals surface area contributed by atoms with Crippen LogP contribution in [0.2, 0.25) is 0 Å². The van der Waals surface area contributed by atoms with Crippen molar-refractivity contribution < 1.29 is 18.1 Å². The van der Waals surface area contributed by atoms with Crippen molar-refractivity contribution in [3.63, 3.8) is 0 Å². The fourth-order valence-electron chi connectivity index (χ4n) is 1.57. The van der Waals surface area contributed by atoms with Gasteiger partial charge in [-0.25, -0.2) is 0 Å². The predicted octanol–water partition coefficient (Wildman–Crippen LogP) is 1.39. The lowest BCUT2D eigenvalue weighted by molar-refractivity contribution is 0.0722. The summed E-state index contributed by atoms with van der Waals surface area (Å²) in [6, 6.07) is 8.14. The smallest absolute Gasteiger partial charge is 0.274 e. The Kier molecular flexibility index (Phi) is 3.18. The fraction of sp³-hybridized carbons (Fsp3) is 0.400. The molecule has 0 aliphatic heterocycles.